The van der Waals surface area contributed by atoms with Crippen molar-refractivity contribution in [3.8, 4) is 11.4 Å². The van der Waals surface area contributed by atoms with Crippen LogP contribution in [0.25, 0.3) is 11.4 Å². The van der Waals surface area contributed by atoms with Crippen molar-refractivity contribution in [3.63, 3.8) is 0 Å². The molecule has 2 rings (SSSR count). The first-order valence-corrected chi connectivity index (χ1v) is 6.32. The van der Waals surface area contributed by atoms with Crippen molar-refractivity contribution in [1.82, 2.24) is 20.2 Å². The Morgan fingerprint density at radius 3 is 3.00 bits per heavy atom. The van der Waals surface area contributed by atoms with Crippen LogP contribution in [0, 0.1) is 0 Å². The fourth-order valence-electron chi connectivity index (χ4n) is 1.60. The molecule has 0 aliphatic carbocycles. The molecule has 0 saturated heterocycles. The van der Waals surface area contributed by atoms with Crippen LogP contribution in [0.4, 0.5) is 5.69 Å². The van der Waals surface area contributed by atoms with Gasteiger partial charge < -0.3 is 10.5 Å². The summed E-state index contributed by atoms with van der Waals surface area (Å²) in [4.78, 5) is 0. The maximum Gasteiger partial charge on any atom is 0.182 e. The molecule has 0 fully saturated rings. The Balaban J connectivity index is 2.22. The smallest absolute Gasteiger partial charge is 0.182 e. The molecule has 0 saturated carbocycles. The van der Waals surface area contributed by atoms with E-state index in [1.165, 1.54) is 0 Å². The molecule has 0 amide bonds. The zero-order valence-corrected chi connectivity index (χ0v) is 11.6. The van der Waals surface area contributed by atoms with Crippen LogP contribution in [0.1, 0.15) is 6.42 Å². The molecule has 18 heavy (non-hydrogen) atoms. The SMILES string of the molecule is COCCCn1nnnc1-c1ccc(Br)c(N)c1. The van der Waals surface area contributed by atoms with Gasteiger partial charge in [-0.1, -0.05) is 0 Å². The second kappa shape index (κ2) is 5.92. The number of anilines is 1. The molecule has 0 spiro atoms. The Bertz CT molecular complexity index is 528. The van der Waals surface area contributed by atoms with Gasteiger partial charge in [0.15, 0.2) is 5.82 Å². The first-order chi connectivity index (χ1) is 8.72. The fourth-order valence-corrected chi connectivity index (χ4v) is 1.85. The van der Waals surface area contributed by atoms with E-state index >= 15 is 0 Å². The topological polar surface area (TPSA) is 78.8 Å². The van der Waals surface area contributed by atoms with Crippen LogP contribution in [0.5, 0.6) is 0 Å². The van der Waals surface area contributed by atoms with E-state index in [0.29, 0.717) is 24.7 Å². The number of rotatable bonds is 5. The summed E-state index contributed by atoms with van der Waals surface area (Å²) in [6, 6.07) is 5.67. The predicted octanol–water partition coefficient (Wildman–Crippen LogP) is 1.72. The minimum Gasteiger partial charge on any atom is -0.398 e. The number of hydrogen-bond donors (Lipinski definition) is 1. The number of halogens is 1. The van der Waals surface area contributed by atoms with Crippen molar-refractivity contribution in [1.29, 1.82) is 0 Å². The van der Waals surface area contributed by atoms with Gasteiger partial charge in [-0.2, -0.15) is 0 Å². The molecule has 0 radical (unpaired) electrons. The van der Waals surface area contributed by atoms with Gasteiger partial charge in [-0.15, -0.1) is 5.10 Å². The van der Waals surface area contributed by atoms with Crippen LogP contribution in [0.3, 0.4) is 0 Å². The summed E-state index contributed by atoms with van der Waals surface area (Å²) in [7, 11) is 1.68. The number of nitrogen functional groups attached to an aromatic ring is 1. The van der Waals surface area contributed by atoms with E-state index < -0.39 is 0 Å². The van der Waals surface area contributed by atoms with E-state index in [1.807, 2.05) is 18.2 Å². The van der Waals surface area contributed by atoms with Crippen molar-refractivity contribution in [2.75, 3.05) is 19.5 Å². The van der Waals surface area contributed by atoms with Gasteiger partial charge in [0.25, 0.3) is 0 Å². The van der Waals surface area contributed by atoms with Gasteiger partial charge >= 0.3 is 0 Å². The molecule has 0 bridgehead atoms. The van der Waals surface area contributed by atoms with Crippen LogP contribution in [-0.4, -0.2) is 33.9 Å². The molecular weight excluding hydrogens is 298 g/mol. The lowest BCUT2D eigenvalue weighted by molar-refractivity contribution is 0.189. The molecular formula is C11H14BrN5O. The van der Waals surface area contributed by atoms with Crippen molar-refractivity contribution in [3.05, 3.63) is 22.7 Å². The van der Waals surface area contributed by atoms with Crippen molar-refractivity contribution in [2.45, 2.75) is 13.0 Å². The molecule has 0 unspecified atom stereocenters. The Kier molecular flexibility index (Phi) is 4.27. The molecule has 0 aliphatic heterocycles. The van der Waals surface area contributed by atoms with E-state index in [9.17, 15) is 0 Å². The number of tetrazole rings is 1. The first kappa shape index (κ1) is 13.0. The maximum atomic E-state index is 5.85. The largest absolute Gasteiger partial charge is 0.398 e. The molecule has 7 heteroatoms. The summed E-state index contributed by atoms with van der Waals surface area (Å²) >= 11 is 3.36. The monoisotopic (exact) mass is 311 g/mol. The number of aromatic nitrogens is 4. The quantitative estimate of drug-likeness (QED) is 0.672. The van der Waals surface area contributed by atoms with Gasteiger partial charge in [-0.05, 0) is 51.0 Å². The van der Waals surface area contributed by atoms with Gasteiger partial charge in [-0.3, -0.25) is 0 Å². The van der Waals surface area contributed by atoms with Gasteiger partial charge in [0, 0.05) is 36.0 Å². The summed E-state index contributed by atoms with van der Waals surface area (Å²) < 4.78 is 7.63. The molecule has 1 aromatic carbocycles. The first-order valence-electron chi connectivity index (χ1n) is 5.53. The van der Waals surface area contributed by atoms with E-state index in [0.717, 1.165) is 16.5 Å². The third-order valence-electron chi connectivity index (χ3n) is 2.50. The number of nitrogens with two attached hydrogens (primary N) is 1. The zero-order valence-electron chi connectivity index (χ0n) is 10.0. The Morgan fingerprint density at radius 1 is 1.44 bits per heavy atom. The summed E-state index contributed by atoms with van der Waals surface area (Å²) in [5.41, 5.74) is 7.42. The van der Waals surface area contributed by atoms with Crippen LogP contribution in [0.2, 0.25) is 0 Å². The lowest BCUT2D eigenvalue weighted by Crippen LogP contribution is -2.05. The number of aryl methyl sites for hydroxylation is 1. The van der Waals surface area contributed by atoms with E-state index in [-0.39, 0.29) is 0 Å². The highest BCUT2D eigenvalue weighted by Gasteiger charge is 2.09. The molecule has 2 N–H and O–H groups in total. The van der Waals surface area contributed by atoms with Crippen molar-refractivity contribution < 1.29 is 4.74 Å². The Morgan fingerprint density at radius 2 is 2.28 bits per heavy atom. The highest BCUT2D eigenvalue weighted by molar-refractivity contribution is 9.10. The van der Waals surface area contributed by atoms with Crippen LogP contribution in [0.15, 0.2) is 22.7 Å². The van der Waals surface area contributed by atoms with Crippen LogP contribution in [-0.2, 0) is 11.3 Å². The molecule has 0 atom stereocenters. The Labute approximate surface area is 113 Å². The minimum absolute atomic E-state index is 0.666. The number of hydrogen-bond acceptors (Lipinski definition) is 5. The van der Waals surface area contributed by atoms with Crippen molar-refractivity contribution >= 4 is 21.6 Å². The van der Waals surface area contributed by atoms with Crippen molar-refractivity contribution in [2.24, 2.45) is 0 Å². The normalized spacial score (nSPS) is 10.8. The van der Waals surface area contributed by atoms with Gasteiger partial charge in [0.05, 0.1) is 0 Å². The van der Waals surface area contributed by atoms with Gasteiger partial charge in [0.2, 0.25) is 0 Å². The van der Waals surface area contributed by atoms with E-state index in [2.05, 4.69) is 31.5 Å². The summed E-state index contributed by atoms with van der Waals surface area (Å²) in [6.07, 6.45) is 0.862. The lowest BCUT2D eigenvalue weighted by Gasteiger charge is -2.05. The summed E-state index contributed by atoms with van der Waals surface area (Å²) in [6.45, 7) is 1.40. The Hall–Kier alpha value is -1.47. The number of methoxy groups -OCH3 is 1. The summed E-state index contributed by atoms with van der Waals surface area (Å²) in [5.74, 6) is 0.713. The van der Waals surface area contributed by atoms with Gasteiger partial charge in [0.1, 0.15) is 0 Å². The third-order valence-corrected chi connectivity index (χ3v) is 3.23. The second-order valence-corrected chi connectivity index (χ2v) is 4.66. The highest BCUT2D eigenvalue weighted by atomic mass is 79.9. The standard InChI is InChI=1S/C11H14BrN5O/c1-18-6-2-5-17-11(14-15-16-17)8-3-4-9(12)10(13)7-8/h3-4,7H,2,5-6,13H2,1H3. The number of nitrogens with zero attached hydrogens (tertiary/aromatic N) is 4. The molecule has 6 nitrogen and oxygen atoms in total. The predicted molar refractivity (Wildman–Crippen MR) is 71.9 cm³/mol. The second-order valence-electron chi connectivity index (χ2n) is 3.81. The fraction of sp³-hybridized carbons (Fsp3) is 0.364. The third kappa shape index (κ3) is 2.85. The van der Waals surface area contributed by atoms with Crippen LogP contribution < -0.4 is 5.73 Å². The maximum absolute atomic E-state index is 5.85. The minimum atomic E-state index is 0.666. The zero-order chi connectivity index (χ0) is 13.0. The van der Waals surface area contributed by atoms with E-state index in [4.69, 9.17) is 10.5 Å². The van der Waals surface area contributed by atoms with Gasteiger partial charge in [-0.25, -0.2) is 4.68 Å². The highest BCUT2D eigenvalue weighted by Crippen LogP contribution is 2.25. The average Bonchev–Trinajstić information content (AvgIpc) is 2.81. The summed E-state index contributed by atoms with van der Waals surface area (Å²) in [5, 5.41) is 11.7. The number of benzene rings is 1. The molecule has 2 aromatic rings. The molecule has 96 valence electrons. The van der Waals surface area contributed by atoms with E-state index in [1.54, 1.807) is 11.8 Å². The number of ether oxygens (including phenoxy) is 1. The average molecular weight is 312 g/mol. The molecule has 0 aliphatic rings. The molecule has 1 heterocycles. The lowest BCUT2D eigenvalue weighted by atomic mass is 10.2. The molecule has 1 aromatic heterocycles. The van der Waals surface area contributed by atoms with Crippen LogP contribution >= 0.6 is 15.9 Å².